The second-order valence-electron chi connectivity index (χ2n) is 4.34. The molecule has 1 atom stereocenters. The van der Waals surface area contributed by atoms with E-state index >= 15 is 0 Å². The lowest BCUT2D eigenvalue weighted by Crippen LogP contribution is -2.46. The predicted molar refractivity (Wildman–Crippen MR) is 83.1 cm³/mol. The van der Waals surface area contributed by atoms with Crippen LogP contribution >= 0.6 is 21.6 Å². The molecule has 1 heterocycles. The van der Waals surface area contributed by atoms with Crippen molar-refractivity contribution < 1.29 is 4.21 Å². The smallest absolute Gasteiger partial charge is 0.151 e. The van der Waals surface area contributed by atoms with Crippen LogP contribution in [0.3, 0.4) is 0 Å². The van der Waals surface area contributed by atoms with E-state index in [0.717, 1.165) is 0 Å². The largest absolute Gasteiger partial charge is 0.235 e. The van der Waals surface area contributed by atoms with Crippen LogP contribution in [0.15, 0.2) is 28.0 Å². The van der Waals surface area contributed by atoms with Crippen molar-refractivity contribution in [1.29, 1.82) is 0 Å². The molecule has 2 rings (SSSR count). The van der Waals surface area contributed by atoms with Crippen LogP contribution in [-0.4, -0.2) is 12.3 Å². The van der Waals surface area contributed by atoms with Crippen LogP contribution < -0.4 is 5.19 Å². The molecule has 1 aromatic rings. The maximum absolute atomic E-state index is 11.7. The van der Waals surface area contributed by atoms with Crippen molar-refractivity contribution >= 4 is 43.7 Å². The van der Waals surface area contributed by atoms with Crippen LogP contribution in [0, 0.1) is 0 Å². The predicted octanol–water partition coefficient (Wildman–Crippen LogP) is 4.18. The minimum atomic E-state index is -1.35. The lowest BCUT2D eigenvalue weighted by Gasteiger charge is -2.30. The second kappa shape index (κ2) is 5.51. The van der Waals surface area contributed by atoms with Gasteiger partial charge in [0, 0.05) is 9.79 Å². The van der Waals surface area contributed by atoms with Crippen molar-refractivity contribution in [3.05, 3.63) is 18.2 Å². The van der Waals surface area contributed by atoms with Gasteiger partial charge in [0.05, 0.1) is 8.07 Å². The van der Waals surface area contributed by atoms with Crippen molar-refractivity contribution in [3.8, 4) is 0 Å². The molecule has 0 radical (unpaired) electrons. The molecule has 0 aliphatic carbocycles. The first-order valence-corrected chi connectivity index (χ1v) is 12.5. The third-order valence-corrected chi connectivity index (χ3v) is 14.3. The molecule has 17 heavy (non-hydrogen) atoms. The van der Waals surface area contributed by atoms with Gasteiger partial charge in [-0.05, 0) is 32.8 Å². The summed E-state index contributed by atoms with van der Waals surface area (Å²) >= 11 is 0. The lowest BCUT2D eigenvalue weighted by atomic mass is 10.4. The third-order valence-electron chi connectivity index (χ3n) is 3.89. The van der Waals surface area contributed by atoms with Crippen molar-refractivity contribution in [1.82, 2.24) is 0 Å². The molecule has 0 bridgehead atoms. The van der Waals surface area contributed by atoms with Crippen LogP contribution in [0.5, 0.6) is 0 Å². The van der Waals surface area contributed by atoms with E-state index in [1.807, 2.05) is 0 Å². The SMILES string of the molecule is CC[Si](CC)(CC)c1cccc2c1SS(=O)S2. The number of benzene rings is 1. The van der Waals surface area contributed by atoms with Gasteiger partial charge in [-0.2, -0.15) is 0 Å². The Kier molecular flexibility index (Phi) is 4.44. The highest BCUT2D eigenvalue weighted by molar-refractivity contribution is 9.03. The Labute approximate surface area is 114 Å². The maximum atomic E-state index is 11.7. The van der Waals surface area contributed by atoms with E-state index in [2.05, 4.69) is 39.0 Å². The molecule has 1 unspecified atom stereocenters. The van der Waals surface area contributed by atoms with Crippen LogP contribution in [0.1, 0.15) is 20.8 Å². The monoisotopic (exact) mass is 302 g/mol. The maximum Gasteiger partial charge on any atom is 0.151 e. The molecule has 0 saturated heterocycles. The van der Waals surface area contributed by atoms with E-state index < -0.39 is 16.9 Å². The van der Waals surface area contributed by atoms with Crippen LogP contribution in [0.2, 0.25) is 18.1 Å². The van der Waals surface area contributed by atoms with Crippen LogP contribution in [0.25, 0.3) is 0 Å². The van der Waals surface area contributed by atoms with Gasteiger partial charge in [-0.25, -0.2) is 4.21 Å². The van der Waals surface area contributed by atoms with Crippen molar-refractivity contribution in [2.75, 3.05) is 0 Å². The fourth-order valence-corrected chi connectivity index (χ4v) is 12.4. The average molecular weight is 303 g/mol. The van der Waals surface area contributed by atoms with Gasteiger partial charge < -0.3 is 0 Å². The van der Waals surface area contributed by atoms with Crippen LogP contribution in [-0.2, 0) is 8.86 Å². The first-order valence-electron chi connectivity index (χ1n) is 6.08. The van der Waals surface area contributed by atoms with E-state index in [0.29, 0.717) is 0 Å². The highest BCUT2D eigenvalue weighted by Crippen LogP contribution is 2.46. The molecule has 0 N–H and O–H groups in total. The molecule has 0 fully saturated rings. The minimum absolute atomic E-state index is 0.815. The highest BCUT2D eigenvalue weighted by atomic mass is 33.5. The summed E-state index contributed by atoms with van der Waals surface area (Å²) in [5, 5.41) is 1.55. The lowest BCUT2D eigenvalue weighted by molar-refractivity contribution is 0.699. The Morgan fingerprint density at radius 3 is 2.35 bits per heavy atom. The van der Waals surface area contributed by atoms with Crippen LogP contribution in [0.4, 0.5) is 0 Å². The molecule has 0 spiro atoms. The Balaban J connectivity index is 2.53. The van der Waals surface area contributed by atoms with E-state index in [-0.39, 0.29) is 0 Å². The molecule has 1 nitrogen and oxygen atoms in total. The summed E-state index contributed by atoms with van der Waals surface area (Å²) in [5.41, 5.74) is 0. The zero-order valence-electron chi connectivity index (χ0n) is 10.5. The second-order valence-corrected chi connectivity index (χ2v) is 14.6. The van der Waals surface area contributed by atoms with E-state index in [4.69, 9.17) is 0 Å². The van der Waals surface area contributed by atoms with Gasteiger partial charge >= 0.3 is 0 Å². The Morgan fingerprint density at radius 1 is 1.12 bits per heavy atom. The van der Waals surface area contributed by atoms with E-state index in [9.17, 15) is 4.21 Å². The summed E-state index contributed by atoms with van der Waals surface area (Å²) in [6, 6.07) is 10.4. The number of hydrogen-bond acceptors (Lipinski definition) is 3. The zero-order chi connectivity index (χ0) is 12.5. The van der Waals surface area contributed by atoms with E-state index in [1.54, 1.807) is 16.0 Å². The molecule has 0 amide bonds. The van der Waals surface area contributed by atoms with Gasteiger partial charge in [0.15, 0.2) is 8.86 Å². The Hall–Kier alpha value is 0.287. The number of fused-ring (bicyclic) bond motifs is 1. The van der Waals surface area contributed by atoms with Gasteiger partial charge in [-0.3, -0.25) is 0 Å². The molecule has 1 aliphatic rings. The summed E-state index contributed by atoms with van der Waals surface area (Å²) in [7, 11) is 0.907. The molecule has 1 aliphatic heterocycles. The molecule has 94 valence electrons. The Bertz CT molecular complexity index is 435. The molecule has 0 saturated carbocycles. The van der Waals surface area contributed by atoms with Crippen molar-refractivity contribution in [2.24, 2.45) is 0 Å². The molecule has 0 aromatic heterocycles. The quantitative estimate of drug-likeness (QED) is 0.613. The summed E-state index contributed by atoms with van der Waals surface area (Å²) in [6.07, 6.45) is 0. The topological polar surface area (TPSA) is 17.1 Å². The molecular formula is C12H18OS3Si. The van der Waals surface area contributed by atoms with Gasteiger partial charge in [0.25, 0.3) is 0 Å². The summed E-state index contributed by atoms with van der Waals surface area (Å²) in [4.78, 5) is 2.56. The minimum Gasteiger partial charge on any atom is -0.235 e. The molecular weight excluding hydrogens is 284 g/mol. The standard InChI is InChI=1S/C12H18OS3Si/c1-4-17(5-2,6-3)11-9-7-8-10-12(11)15-16(13)14-10/h7-9H,4-6H2,1-3H3. The first kappa shape index (κ1) is 13.7. The summed E-state index contributed by atoms with van der Waals surface area (Å²) in [5.74, 6) is 0. The average Bonchev–Trinajstić information content (AvgIpc) is 2.73. The van der Waals surface area contributed by atoms with Gasteiger partial charge in [-0.15, -0.1) is 0 Å². The zero-order valence-corrected chi connectivity index (χ0v) is 13.9. The highest BCUT2D eigenvalue weighted by Gasteiger charge is 2.35. The van der Waals surface area contributed by atoms with Gasteiger partial charge in [0.2, 0.25) is 0 Å². The first-order chi connectivity index (χ1) is 8.16. The van der Waals surface area contributed by atoms with Gasteiger partial charge in [0.1, 0.15) is 0 Å². The van der Waals surface area contributed by atoms with E-state index in [1.165, 1.54) is 38.7 Å². The number of hydrogen-bond donors (Lipinski definition) is 0. The fourth-order valence-electron chi connectivity index (χ4n) is 2.56. The Morgan fingerprint density at radius 2 is 1.76 bits per heavy atom. The van der Waals surface area contributed by atoms with Gasteiger partial charge in [-0.1, -0.05) is 51.0 Å². The summed E-state index contributed by atoms with van der Waals surface area (Å²) in [6.45, 7) is 6.97. The third kappa shape index (κ3) is 2.39. The summed E-state index contributed by atoms with van der Waals surface area (Å²) < 4.78 is 11.7. The van der Waals surface area contributed by atoms with Crippen molar-refractivity contribution in [3.63, 3.8) is 0 Å². The number of rotatable bonds is 4. The fraction of sp³-hybridized carbons (Fsp3) is 0.500. The molecule has 5 heteroatoms. The normalized spacial score (nSPS) is 19.4. The molecule has 1 aromatic carbocycles. The van der Waals surface area contributed by atoms with Crippen molar-refractivity contribution in [2.45, 2.75) is 48.7 Å².